The van der Waals surface area contributed by atoms with Crippen LogP contribution in [0.3, 0.4) is 0 Å². The van der Waals surface area contributed by atoms with Crippen LogP contribution < -0.4 is 15.0 Å². The van der Waals surface area contributed by atoms with Crippen molar-refractivity contribution in [1.29, 1.82) is 0 Å². The Bertz CT molecular complexity index is 1350. The molecule has 2 heterocycles. The predicted molar refractivity (Wildman–Crippen MR) is 122 cm³/mol. The van der Waals surface area contributed by atoms with E-state index in [2.05, 4.69) is 10.3 Å². The number of urea groups is 1. The van der Waals surface area contributed by atoms with E-state index in [1.54, 1.807) is 42.5 Å². The minimum absolute atomic E-state index is 0.155. The van der Waals surface area contributed by atoms with Gasteiger partial charge >= 0.3 is 6.03 Å². The van der Waals surface area contributed by atoms with E-state index in [1.165, 1.54) is 18.2 Å². The lowest BCUT2D eigenvalue weighted by Crippen LogP contribution is -2.54. The zero-order valence-corrected chi connectivity index (χ0v) is 18.1. The summed E-state index contributed by atoms with van der Waals surface area (Å²) in [6, 6.07) is 13.4. The highest BCUT2D eigenvalue weighted by atomic mass is 16.6. The molecule has 4 amide bonds. The van der Waals surface area contributed by atoms with Crippen LogP contribution in [-0.4, -0.2) is 27.8 Å². The molecule has 0 bridgehead atoms. The molecule has 1 aliphatic heterocycles. The molecule has 1 fully saturated rings. The number of barbiturate groups is 1. The second kappa shape index (κ2) is 8.94. The SMILES string of the molecule is Cc1ccc(N2C(=O)NC(=O)/C(=C\c3ccc(Oc4ccc([N+](=O)[O-])cn4)cc3)C2=O)cc1C. The van der Waals surface area contributed by atoms with Crippen LogP contribution in [0.4, 0.5) is 16.2 Å². The summed E-state index contributed by atoms with van der Waals surface area (Å²) in [5.74, 6) is -0.950. The smallest absolute Gasteiger partial charge is 0.335 e. The van der Waals surface area contributed by atoms with E-state index in [9.17, 15) is 24.5 Å². The normalized spacial score (nSPS) is 14.8. The number of amides is 4. The van der Waals surface area contributed by atoms with E-state index in [1.807, 2.05) is 13.8 Å². The van der Waals surface area contributed by atoms with Gasteiger partial charge in [-0.1, -0.05) is 18.2 Å². The maximum atomic E-state index is 13.0. The van der Waals surface area contributed by atoms with E-state index in [0.29, 0.717) is 17.0 Å². The topological polar surface area (TPSA) is 132 Å². The first-order valence-corrected chi connectivity index (χ1v) is 10.1. The van der Waals surface area contributed by atoms with Gasteiger partial charge in [-0.2, -0.15) is 0 Å². The van der Waals surface area contributed by atoms with Crippen molar-refractivity contribution in [3.8, 4) is 11.6 Å². The molecule has 0 atom stereocenters. The van der Waals surface area contributed by atoms with Crippen molar-refractivity contribution >= 4 is 35.3 Å². The number of nitrogens with zero attached hydrogens (tertiary/aromatic N) is 3. The average molecular weight is 458 g/mol. The molecule has 1 N–H and O–H groups in total. The molecule has 0 spiro atoms. The molecule has 10 nitrogen and oxygen atoms in total. The van der Waals surface area contributed by atoms with Crippen molar-refractivity contribution in [3.63, 3.8) is 0 Å². The summed E-state index contributed by atoms with van der Waals surface area (Å²) >= 11 is 0. The third kappa shape index (κ3) is 4.51. The van der Waals surface area contributed by atoms with Gasteiger partial charge < -0.3 is 4.74 Å². The van der Waals surface area contributed by atoms with Gasteiger partial charge in [0.15, 0.2) is 0 Å². The van der Waals surface area contributed by atoms with E-state index in [4.69, 9.17) is 4.74 Å². The number of aromatic nitrogens is 1. The third-order valence-corrected chi connectivity index (χ3v) is 5.20. The van der Waals surface area contributed by atoms with Crippen molar-refractivity contribution in [1.82, 2.24) is 10.3 Å². The molecule has 170 valence electrons. The minimum Gasteiger partial charge on any atom is -0.439 e. The minimum atomic E-state index is -0.810. The van der Waals surface area contributed by atoms with Crippen LogP contribution >= 0.6 is 0 Å². The Hall–Kier alpha value is -4.86. The van der Waals surface area contributed by atoms with Gasteiger partial charge in [-0.15, -0.1) is 0 Å². The van der Waals surface area contributed by atoms with Crippen molar-refractivity contribution in [3.05, 3.63) is 93.2 Å². The standard InChI is InChI=1S/C24H18N4O6/c1-14-3-6-17(11-15(14)2)27-23(30)20(22(29)26-24(27)31)12-16-4-8-19(9-5-16)34-21-10-7-18(13-25-21)28(32)33/h3-13H,1-2H3,(H,26,29,31)/b20-12+. The highest BCUT2D eigenvalue weighted by Gasteiger charge is 2.36. The van der Waals surface area contributed by atoms with Crippen LogP contribution in [0.1, 0.15) is 16.7 Å². The van der Waals surface area contributed by atoms with Gasteiger partial charge in [-0.25, -0.2) is 14.7 Å². The fourth-order valence-corrected chi connectivity index (χ4v) is 3.22. The molecule has 2 aromatic carbocycles. The number of anilines is 1. The summed E-state index contributed by atoms with van der Waals surface area (Å²) in [6.07, 6.45) is 2.47. The second-order valence-electron chi connectivity index (χ2n) is 7.51. The zero-order valence-electron chi connectivity index (χ0n) is 18.1. The summed E-state index contributed by atoms with van der Waals surface area (Å²) in [4.78, 5) is 52.7. The van der Waals surface area contributed by atoms with E-state index in [-0.39, 0.29) is 17.1 Å². The lowest BCUT2D eigenvalue weighted by molar-refractivity contribution is -0.385. The van der Waals surface area contributed by atoms with Crippen molar-refractivity contribution in [2.24, 2.45) is 0 Å². The van der Waals surface area contributed by atoms with Crippen LogP contribution in [-0.2, 0) is 9.59 Å². The van der Waals surface area contributed by atoms with Crippen molar-refractivity contribution in [2.45, 2.75) is 13.8 Å². The Balaban J connectivity index is 1.55. The van der Waals surface area contributed by atoms with Crippen LogP contribution in [0.5, 0.6) is 11.6 Å². The maximum Gasteiger partial charge on any atom is 0.335 e. The molecule has 0 radical (unpaired) electrons. The molecule has 1 aromatic heterocycles. The number of hydrogen-bond acceptors (Lipinski definition) is 7. The highest BCUT2D eigenvalue weighted by molar-refractivity contribution is 6.39. The molecule has 0 aliphatic carbocycles. The molecular weight excluding hydrogens is 440 g/mol. The summed E-state index contributed by atoms with van der Waals surface area (Å²) in [5, 5.41) is 12.9. The molecule has 1 aliphatic rings. The first kappa shape index (κ1) is 22.3. The van der Waals surface area contributed by atoms with Gasteiger partial charge in [0.05, 0.1) is 10.6 Å². The molecule has 0 unspecified atom stereocenters. The first-order chi connectivity index (χ1) is 16.2. The number of ether oxygens (including phenoxy) is 1. The van der Waals surface area contributed by atoms with Gasteiger partial charge in [0.1, 0.15) is 17.5 Å². The molecule has 4 rings (SSSR count). The Morgan fingerprint density at radius 1 is 1.00 bits per heavy atom. The molecular formula is C24H18N4O6. The number of nitro groups is 1. The number of imide groups is 2. The number of pyridine rings is 1. The van der Waals surface area contributed by atoms with Crippen molar-refractivity contribution < 1.29 is 24.0 Å². The Labute approximate surface area is 193 Å². The molecule has 3 aromatic rings. The van der Waals surface area contributed by atoms with E-state index >= 15 is 0 Å². The number of hydrogen-bond donors (Lipinski definition) is 1. The summed E-state index contributed by atoms with van der Waals surface area (Å²) < 4.78 is 5.56. The second-order valence-corrected chi connectivity index (χ2v) is 7.51. The Morgan fingerprint density at radius 2 is 1.74 bits per heavy atom. The van der Waals surface area contributed by atoms with Gasteiger partial charge in [-0.05, 0) is 60.9 Å². The number of benzene rings is 2. The zero-order chi connectivity index (χ0) is 24.4. The molecule has 34 heavy (non-hydrogen) atoms. The van der Waals surface area contributed by atoms with Crippen LogP contribution in [0.25, 0.3) is 6.08 Å². The Morgan fingerprint density at radius 3 is 2.35 bits per heavy atom. The van der Waals surface area contributed by atoms with Crippen LogP contribution in [0.15, 0.2) is 66.4 Å². The van der Waals surface area contributed by atoms with Gasteiger partial charge in [0, 0.05) is 12.1 Å². The highest BCUT2D eigenvalue weighted by Crippen LogP contribution is 2.26. The van der Waals surface area contributed by atoms with Gasteiger partial charge in [-0.3, -0.25) is 25.0 Å². The number of aryl methyl sites for hydroxylation is 2. The lowest BCUT2D eigenvalue weighted by Gasteiger charge is -2.26. The summed E-state index contributed by atoms with van der Waals surface area (Å²) in [6.45, 7) is 3.78. The number of carbonyl (C=O) groups excluding carboxylic acids is 3. The fraction of sp³-hybridized carbons (Fsp3) is 0.0833. The van der Waals surface area contributed by atoms with E-state index in [0.717, 1.165) is 22.2 Å². The third-order valence-electron chi connectivity index (χ3n) is 5.20. The molecule has 1 saturated heterocycles. The number of carbonyl (C=O) groups is 3. The van der Waals surface area contributed by atoms with Crippen LogP contribution in [0.2, 0.25) is 0 Å². The Kier molecular flexibility index (Phi) is 5.88. The maximum absolute atomic E-state index is 13.0. The lowest BCUT2D eigenvalue weighted by atomic mass is 10.1. The van der Waals surface area contributed by atoms with Gasteiger partial charge in [0.2, 0.25) is 5.88 Å². The van der Waals surface area contributed by atoms with Crippen LogP contribution in [0, 0.1) is 24.0 Å². The molecule has 0 saturated carbocycles. The number of rotatable bonds is 5. The van der Waals surface area contributed by atoms with Gasteiger partial charge in [0.25, 0.3) is 17.5 Å². The van der Waals surface area contributed by atoms with E-state index < -0.39 is 22.8 Å². The predicted octanol–water partition coefficient (Wildman–Crippen LogP) is 4.07. The molecule has 10 heteroatoms. The monoisotopic (exact) mass is 458 g/mol. The first-order valence-electron chi connectivity index (χ1n) is 10.1. The fourth-order valence-electron chi connectivity index (χ4n) is 3.22. The summed E-state index contributed by atoms with van der Waals surface area (Å²) in [7, 11) is 0. The van der Waals surface area contributed by atoms with Crippen molar-refractivity contribution in [2.75, 3.05) is 4.90 Å². The number of nitrogens with one attached hydrogen (secondary N) is 1. The summed E-state index contributed by atoms with van der Waals surface area (Å²) in [5.41, 5.74) is 2.45. The largest absolute Gasteiger partial charge is 0.439 e. The quantitative estimate of drug-likeness (QED) is 0.264. The average Bonchev–Trinajstić information content (AvgIpc) is 2.80.